The van der Waals surface area contributed by atoms with E-state index in [9.17, 15) is 5.11 Å². The summed E-state index contributed by atoms with van der Waals surface area (Å²) in [6.07, 6.45) is 1.52. The lowest BCUT2D eigenvalue weighted by Gasteiger charge is -2.24. The van der Waals surface area contributed by atoms with Crippen molar-refractivity contribution in [3.63, 3.8) is 0 Å². The van der Waals surface area contributed by atoms with Crippen molar-refractivity contribution >= 4 is 11.6 Å². The topological polar surface area (TPSA) is 47.3 Å². The third-order valence-corrected chi connectivity index (χ3v) is 3.28. The molecule has 0 saturated heterocycles. The van der Waals surface area contributed by atoms with Gasteiger partial charge < -0.3 is 9.84 Å². The third kappa shape index (κ3) is 2.09. The van der Waals surface area contributed by atoms with Gasteiger partial charge in [0.15, 0.2) is 0 Å². The van der Waals surface area contributed by atoms with Gasteiger partial charge >= 0.3 is 0 Å². The van der Waals surface area contributed by atoms with Crippen molar-refractivity contribution in [1.82, 2.24) is 9.78 Å². The van der Waals surface area contributed by atoms with Crippen molar-refractivity contribution in [3.8, 4) is 5.75 Å². The van der Waals surface area contributed by atoms with E-state index >= 15 is 0 Å². The largest absolute Gasteiger partial charge is 0.497 e. The molecule has 0 aliphatic heterocycles. The van der Waals surface area contributed by atoms with Gasteiger partial charge in [-0.25, -0.2) is 0 Å². The van der Waals surface area contributed by atoms with E-state index < -0.39 is 5.60 Å². The number of aliphatic hydroxyl groups is 1. The molecular weight excluding hydrogens is 252 g/mol. The second-order valence-electron chi connectivity index (χ2n) is 4.27. The van der Waals surface area contributed by atoms with Gasteiger partial charge in [0.05, 0.1) is 24.0 Å². The SMILES string of the molecule is COc1ccc(C(C)(O)c2c(Cl)cnn2C)cc1. The quantitative estimate of drug-likeness (QED) is 0.928. The molecule has 1 unspecified atom stereocenters. The first-order valence-electron chi connectivity index (χ1n) is 5.51. The van der Waals surface area contributed by atoms with E-state index in [0.717, 1.165) is 11.3 Å². The highest BCUT2D eigenvalue weighted by Crippen LogP contribution is 2.34. The summed E-state index contributed by atoms with van der Waals surface area (Å²) in [4.78, 5) is 0. The molecule has 0 spiro atoms. The van der Waals surface area contributed by atoms with Gasteiger partial charge in [-0.15, -0.1) is 0 Å². The number of rotatable bonds is 3. The lowest BCUT2D eigenvalue weighted by atomic mass is 9.92. The van der Waals surface area contributed by atoms with Crippen LogP contribution in [0.3, 0.4) is 0 Å². The number of hydrogen-bond donors (Lipinski definition) is 1. The summed E-state index contributed by atoms with van der Waals surface area (Å²) in [5, 5.41) is 15.2. The summed E-state index contributed by atoms with van der Waals surface area (Å²) in [6, 6.07) is 7.21. The number of hydrogen-bond acceptors (Lipinski definition) is 3. The molecule has 1 aromatic heterocycles. The standard InChI is InChI=1S/C13H15ClN2O2/c1-13(17,12-11(14)8-15-16(12)2)9-4-6-10(18-3)7-5-9/h4-8,17H,1-3H3. The second kappa shape index (κ2) is 4.63. The molecule has 2 rings (SSSR count). The van der Waals surface area contributed by atoms with Crippen LogP contribution < -0.4 is 4.74 Å². The summed E-state index contributed by atoms with van der Waals surface area (Å²) in [7, 11) is 3.35. The van der Waals surface area contributed by atoms with E-state index in [0.29, 0.717) is 10.7 Å². The molecule has 1 N–H and O–H groups in total. The number of aromatic nitrogens is 2. The van der Waals surface area contributed by atoms with Crippen molar-refractivity contribution in [2.24, 2.45) is 7.05 Å². The lowest BCUT2D eigenvalue weighted by molar-refractivity contribution is 0.0929. The van der Waals surface area contributed by atoms with Crippen molar-refractivity contribution in [3.05, 3.63) is 46.7 Å². The maximum Gasteiger partial charge on any atom is 0.130 e. The van der Waals surface area contributed by atoms with Crippen molar-refractivity contribution < 1.29 is 9.84 Å². The van der Waals surface area contributed by atoms with Gasteiger partial charge in [0.1, 0.15) is 11.4 Å². The highest BCUT2D eigenvalue weighted by atomic mass is 35.5. The van der Waals surface area contributed by atoms with Gasteiger partial charge in [-0.05, 0) is 24.6 Å². The van der Waals surface area contributed by atoms with Crippen LogP contribution in [0.25, 0.3) is 0 Å². The van der Waals surface area contributed by atoms with Crippen LogP contribution in [0.15, 0.2) is 30.5 Å². The monoisotopic (exact) mass is 266 g/mol. The van der Waals surface area contributed by atoms with E-state index in [-0.39, 0.29) is 0 Å². The lowest BCUT2D eigenvalue weighted by Crippen LogP contribution is -2.26. The van der Waals surface area contributed by atoms with Crippen LogP contribution in [-0.4, -0.2) is 22.0 Å². The molecule has 0 bridgehead atoms. The van der Waals surface area contributed by atoms with Crippen LogP contribution >= 0.6 is 11.6 Å². The average molecular weight is 267 g/mol. The molecule has 2 aromatic rings. The summed E-state index contributed by atoms with van der Waals surface area (Å²) in [5.74, 6) is 0.741. The van der Waals surface area contributed by atoms with Crippen LogP contribution in [0.2, 0.25) is 5.02 Å². The smallest absolute Gasteiger partial charge is 0.130 e. The van der Waals surface area contributed by atoms with Crippen LogP contribution in [0.4, 0.5) is 0 Å². The molecule has 0 aliphatic rings. The molecule has 0 fully saturated rings. The Morgan fingerprint density at radius 2 is 1.94 bits per heavy atom. The van der Waals surface area contributed by atoms with E-state index in [1.54, 1.807) is 37.9 Å². The van der Waals surface area contributed by atoms with Crippen LogP contribution in [0.1, 0.15) is 18.2 Å². The molecule has 96 valence electrons. The Balaban J connectivity index is 2.47. The molecule has 1 atom stereocenters. The molecule has 18 heavy (non-hydrogen) atoms. The van der Waals surface area contributed by atoms with Gasteiger partial charge in [-0.1, -0.05) is 23.7 Å². The molecule has 0 radical (unpaired) electrons. The first-order valence-corrected chi connectivity index (χ1v) is 5.89. The normalized spacial score (nSPS) is 14.3. The summed E-state index contributed by atoms with van der Waals surface area (Å²) in [6.45, 7) is 1.69. The molecule has 4 nitrogen and oxygen atoms in total. The minimum Gasteiger partial charge on any atom is -0.497 e. The zero-order valence-electron chi connectivity index (χ0n) is 10.5. The molecule has 0 aliphatic carbocycles. The number of benzene rings is 1. The van der Waals surface area contributed by atoms with Crippen molar-refractivity contribution in [1.29, 1.82) is 0 Å². The predicted octanol–water partition coefficient (Wildman–Crippen LogP) is 2.34. The fourth-order valence-electron chi connectivity index (χ4n) is 2.01. The highest BCUT2D eigenvalue weighted by molar-refractivity contribution is 6.31. The average Bonchev–Trinajstić information content (AvgIpc) is 2.69. The van der Waals surface area contributed by atoms with E-state index in [2.05, 4.69) is 5.10 Å². The molecule has 0 amide bonds. The summed E-state index contributed by atoms with van der Waals surface area (Å²) >= 11 is 6.07. The number of ether oxygens (including phenoxy) is 1. The van der Waals surface area contributed by atoms with E-state index in [4.69, 9.17) is 16.3 Å². The van der Waals surface area contributed by atoms with E-state index in [1.807, 2.05) is 12.1 Å². The minimum atomic E-state index is -1.20. The summed E-state index contributed by atoms with van der Waals surface area (Å²) in [5.41, 5.74) is 0.0948. The third-order valence-electron chi connectivity index (χ3n) is 3.01. The van der Waals surface area contributed by atoms with Gasteiger partial charge in [-0.3, -0.25) is 4.68 Å². The Morgan fingerprint density at radius 1 is 1.33 bits per heavy atom. The fraction of sp³-hybridized carbons (Fsp3) is 0.308. The van der Waals surface area contributed by atoms with Gasteiger partial charge in [0.25, 0.3) is 0 Å². The minimum absolute atomic E-state index is 0.443. The fourth-order valence-corrected chi connectivity index (χ4v) is 2.36. The Kier molecular flexibility index (Phi) is 3.32. The molecular formula is C13H15ClN2O2. The van der Waals surface area contributed by atoms with Gasteiger partial charge in [0, 0.05) is 7.05 Å². The van der Waals surface area contributed by atoms with Gasteiger partial charge in [-0.2, -0.15) is 5.10 Å². The molecule has 0 saturated carbocycles. The predicted molar refractivity (Wildman–Crippen MR) is 69.9 cm³/mol. The van der Waals surface area contributed by atoms with Crippen molar-refractivity contribution in [2.75, 3.05) is 7.11 Å². The summed E-state index contributed by atoms with van der Waals surface area (Å²) < 4.78 is 6.67. The zero-order valence-corrected chi connectivity index (χ0v) is 11.3. The Morgan fingerprint density at radius 3 is 2.39 bits per heavy atom. The second-order valence-corrected chi connectivity index (χ2v) is 4.67. The highest BCUT2D eigenvalue weighted by Gasteiger charge is 2.31. The molecule has 1 heterocycles. The number of nitrogens with zero attached hydrogens (tertiary/aromatic N) is 2. The van der Waals surface area contributed by atoms with Crippen LogP contribution in [-0.2, 0) is 12.6 Å². The number of methoxy groups -OCH3 is 1. The van der Waals surface area contributed by atoms with Gasteiger partial charge in [0.2, 0.25) is 0 Å². The maximum atomic E-state index is 10.7. The van der Waals surface area contributed by atoms with Crippen LogP contribution in [0, 0.1) is 0 Å². The Hall–Kier alpha value is -1.52. The first kappa shape index (κ1) is 12.9. The number of halogens is 1. The Labute approximate surface area is 111 Å². The maximum absolute atomic E-state index is 10.7. The molecule has 1 aromatic carbocycles. The Bertz CT molecular complexity index is 527. The first-order chi connectivity index (χ1) is 8.46. The van der Waals surface area contributed by atoms with Crippen LogP contribution in [0.5, 0.6) is 5.75 Å². The zero-order chi connectivity index (χ0) is 13.3. The van der Waals surface area contributed by atoms with Crippen molar-refractivity contribution in [2.45, 2.75) is 12.5 Å². The van der Waals surface area contributed by atoms with E-state index in [1.165, 1.54) is 6.20 Å². The number of aryl methyl sites for hydroxylation is 1. The molecule has 5 heteroatoms.